The summed E-state index contributed by atoms with van der Waals surface area (Å²) >= 11 is 6.16. The number of fused-ring (bicyclic) bond motifs is 1. The van der Waals surface area contributed by atoms with Crippen molar-refractivity contribution in [2.75, 3.05) is 42.5 Å². The van der Waals surface area contributed by atoms with Crippen molar-refractivity contribution >= 4 is 34.8 Å². The number of halogens is 1. The number of carbonyl (C=O) groups is 2. The number of benzene rings is 2. The van der Waals surface area contributed by atoms with Crippen molar-refractivity contribution < 1.29 is 14.3 Å². The van der Waals surface area contributed by atoms with Crippen molar-refractivity contribution in [3.05, 3.63) is 53.1 Å². The predicted octanol–water partition coefficient (Wildman–Crippen LogP) is 3.89. The van der Waals surface area contributed by atoms with Gasteiger partial charge in [0, 0.05) is 49.7 Å². The minimum absolute atomic E-state index is 0.0328. The fourth-order valence-corrected chi connectivity index (χ4v) is 4.42. The Morgan fingerprint density at radius 1 is 1.00 bits per heavy atom. The van der Waals surface area contributed by atoms with Crippen molar-refractivity contribution in [1.82, 2.24) is 4.90 Å². The molecule has 0 spiro atoms. The molecule has 31 heavy (non-hydrogen) atoms. The van der Waals surface area contributed by atoms with Gasteiger partial charge >= 0.3 is 0 Å². The van der Waals surface area contributed by atoms with E-state index in [0.717, 1.165) is 29.5 Å². The molecule has 0 aliphatic carbocycles. The molecule has 1 unspecified atom stereocenters. The van der Waals surface area contributed by atoms with Gasteiger partial charge in [-0.15, -0.1) is 0 Å². The molecule has 0 radical (unpaired) electrons. The highest BCUT2D eigenvalue weighted by atomic mass is 35.5. The van der Waals surface area contributed by atoms with Crippen LogP contribution in [0.25, 0.3) is 0 Å². The van der Waals surface area contributed by atoms with Gasteiger partial charge in [0.15, 0.2) is 0 Å². The highest BCUT2D eigenvalue weighted by Crippen LogP contribution is 2.33. The lowest BCUT2D eigenvalue weighted by Crippen LogP contribution is -2.49. The molecule has 6 nitrogen and oxygen atoms in total. The van der Waals surface area contributed by atoms with Crippen LogP contribution in [-0.4, -0.2) is 55.5 Å². The molecule has 0 aromatic heterocycles. The number of nitrogens with zero attached hydrogens (tertiary/aromatic N) is 3. The van der Waals surface area contributed by atoms with Crippen LogP contribution in [0.15, 0.2) is 42.5 Å². The molecular formula is C24H28ClN3O3. The van der Waals surface area contributed by atoms with Gasteiger partial charge in [0.05, 0.1) is 12.2 Å². The zero-order valence-corrected chi connectivity index (χ0v) is 18.8. The van der Waals surface area contributed by atoms with Crippen LogP contribution in [0.2, 0.25) is 5.02 Å². The van der Waals surface area contributed by atoms with E-state index >= 15 is 0 Å². The van der Waals surface area contributed by atoms with Crippen LogP contribution in [0.4, 0.5) is 11.4 Å². The number of hydrogen-bond acceptors (Lipinski definition) is 4. The van der Waals surface area contributed by atoms with Gasteiger partial charge in [-0.1, -0.05) is 29.8 Å². The summed E-state index contributed by atoms with van der Waals surface area (Å²) in [5.41, 5.74) is 3.08. The van der Waals surface area contributed by atoms with Gasteiger partial charge in [-0.2, -0.15) is 0 Å². The topological polar surface area (TPSA) is 53.1 Å². The van der Waals surface area contributed by atoms with Crippen LogP contribution in [0.5, 0.6) is 5.75 Å². The SMILES string of the molecule is Cc1ccc(Cl)cc1N1CCN(C(=O)CCC(=O)N2CC(C)Oc3ccccc32)CC1. The number of ether oxygens (including phenoxy) is 1. The van der Waals surface area contributed by atoms with Gasteiger partial charge in [0.2, 0.25) is 11.8 Å². The van der Waals surface area contributed by atoms with Crippen LogP contribution in [0.1, 0.15) is 25.3 Å². The zero-order valence-electron chi connectivity index (χ0n) is 18.0. The lowest BCUT2D eigenvalue weighted by Gasteiger charge is -2.37. The van der Waals surface area contributed by atoms with E-state index in [-0.39, 0.29) is 30.8 Å². The van der Waals surface area contributed by atoms with Crippen LogP contribution in [0.3, 0.4) is 0 Å². The van der Waals surface area contributed by atoms with Crippen LogP contribution in [0, 0.1) is 6.92 Å². The van der Waals surface area contributed by atoms with E-state index in [1.54, 1.807) is 4.90 Å². The average molecular weight is 442 g/mol. The van der Waals surface area contributed by atoms with Gasteiger partial charge in [-0.05, 0) is 43.7 Å². The fraction of sp³-hybridized carbons (Fsp3) is 0.417. The monoisotopic (exact) mass is 441 g/mol. The lowest BCUT2D eigenvalue weighted by molar-refractivity contribution is -0.133. The van der Waals surface area contributed by atoms with Crippen molar-refractivity contribution in [2.45, 2.75) is 32.8 Å². The first-order valence-electron chi connectivity index (χ1n) is 10.8. The summed E-state index contributed by atoms with van der Waals surface area (Å²) in [5.74, 6) is 0.711. The highest BCUT2D eigenvalue weighted by Gasteiger charge is 2.28. The summed E-state index contributed by atoms with van der Waals surface area (Å²) in [6.45, 7) is 7.33. The Labute approximate surface area is 188 Å². The molecular weight excluding hydrogens is 414 g/mol. The van der Waals surface area contributed by atoms with Crippen molar-refractivity contribution in [2.24, 2.45) is 0 Å². The average Bonchev–Trinajstić information content (AvgIpc) is 2.78. The van der Waals surface area contributed by atoms with Gasteiger partial charge < -0.3 is 19.4 Å². The third-order valence-electron chi connectivity index (χ3n) is 5.92. The van der Waals surface area contributed by atoms with E-state index < -0.39 is 0 Å². The van der Waals surface area contributed by atoms with Crippen LogP contribution in [-0.2, 0) is 9.59 Å². The number of piperazine rings is 1. The Balaban J connectivity index is 1.31. The van der Waals surface area contributed by atoms with Gasteiger partial charge in [-0.25, -0.2) is 0 Å². The maximum absolute atomic E-state index is 12.9. The number of carbonyl (C=O) groups excluding carboxylic acids is 2. The standard InChI is InChI=1S/C24H28ClN3O3/c1-17-7-8-19(25)15-21(17)26-11-13-27(14-12-26)23(29)9-10-24(30)28-16-18(2)31-22-6-4-3-5-20(22)28/h3-8,15,18H,9-14,16H2,1-2H3. The van der Waals surface area contributed by atoms with Crippen molar-refractivity contribution in [3.63, 3.8) is 0 Å². The Bertz CT molecular complexity index is 972. The molecule has 2 aliphatic heterocycles. The number of anilines is 2. The first-order valence-corrected chi connectivity index (χ1v) is 11.1. The molecule has 0 bridgehead atoms. The predicted molar refractivity (Wildman–Crippen MR) is 123 cm³/mol. The number of aryl methyl sites for hydroxylation is 1. The molecule has 2 amide bonds. The summed E-state index contributed by atoms with van der Waals surface area (Å²) < 4.78 is 5.81. The molecule has 0 N–H and O–H groups in total. The zero-order chi connectivity index (χ0) is 22.0. The van der Waals surface area contributed by atoms with Gasteiger partial charge in [0.1, 0.15) is 11.9 Å². The van der Waals surface area contributed by atoms with E-state index in [4.69, 9.17) is 16.3 Å². The van der Waals surface area contributed by atoms with E-state index in [1.165, 1.54) is 5.56 Å². The highest BCUT2D eigenvalue weighted by molar-refractivity contribution is 6.30. The summed E-state index contributed by atoms with van der Waals surface area (Å²) in [6.07, 6.45) is 0.355. The van der Waals surface area contributed by atoms with Crippen LogP contribution >= 0.6 is 11.6 Å². The Hall–Kier alpha value is -2.73. The Morgan fingerprint density at radius 2 is 1.71 bits per heavy atom. The minimum Gasteiger partial charge on any atom is -0.487 e. The first kappa shape index (κ1) is 21.5. The van der Waals surface area contributed by atoms with E-state index in [9.17, 15) is 9.59 Å². The number of rotatable bonds is 4. The van der Waals surface area contributed by atoms with E-state index in [0.29, 0.717) is 25.4 Å². The lowest BCUT2D eigenvalue weighted by atomic mass is 10.1. The number of hydrogen-bond donors (Lipinski definition) is 0. The van der Waals surface area contributed by atoms with E-state index in [2.05, 4.69) is 11.8 Å². The molecule has 164 valence electrons. The van der Waals surface area contributed by atoms with Crippen LogP contribution < -0.4 is 14.5 Å². The summed E-state index contributed by atoms with van der Waals surface area (Å²) in [4.78, 5) is 31.5. The van der Waals surface area contributed by atoms with E-state index in [1.807, 2.05) is 54.3 Å². The summed E-state index contributed by atoms with van der Waals surface area (Å²) in [7, 11) is 0. The summed E-state index contributed by atoms with van der Waals surface area (Å²) in [5, 5.41) is 0.719. The quantitative estimate of drug-likeness (QED) is 0.722. The number of amides is 2. The first-order chi connectivity index (χ1) is 14.9. The molecule has 0 saturated carbocycles. The van der Waals surface area contributed by atoms with Gasteiger partial charge in [-0.3, -0.25) is 9.59 Å². The molecule has 7 heteroatoms. The molecule has 1 saturated heterocycles. The smallest absolute Gasteiger partial charge is 0.227 e. The molecule has 2 aromatic carbocycles. The maximum atomic E-state index is 12.9. The maximum Gasteiger partial charge on any atom is 0.227 e. The van der Waals surface area contributed by atoms with Crippen molar-refractivity contribution in [3.8, 4) is 5.75 Å². The van der Waals surface area contributed by atoms with Crippen molar-refractivity contribution in [1.29, 1.82) is 0 Å². The Morgan fingerprint density at radius 3 is 2.48 bits per heavy atom. The largest absolute Gasteiger partial charge is 0.487 e. The molecule has 1 fully saturated rings. The molecule has 4 rings (SSSR count). The summed E-state index contributed by atoms with van der Waals surface area (Å²) in [6, 6.07) is 13.4. The second kappa shape index (κ2) is 9.18. The third kappa shape index (κ3) is 4.79. The molecule has 2 aromatic rings. The second-order valence-electron chi connectivity index (χ2n) is 8.20. The fourth-order valence-electron chi connectivity index (χ4n) is 4.25. The second-order valence-corrected chi connectivity index (χ2v) is 8.64. The molecule has 2 heterocycles. The minimum atomic E-state index is -0.0717. The Kier molecular flexibility index (Phi) is 6.37. The number of para-hydroxylation sites is 2. The van der Waals surface area contributed by atoms with Gasteiger partial charge in [0.25, 0.3) is 0 Å². The molecule has 2 aliphatic rings. The third-order valence-corrected chi connectivity index (χ3v) is 6.16. The molecule has 1 atom stereocenters. The normalized spacial score (nSPS) is 18.4.